The number of hydrogen-bond acceptors (Lipinski definition) is 6. The van der Waals surface area contributed by atoms with Crippen LogP contribution in [0.3, 0.4) is 0 Å². The number of nitrogens with zero attached hydrogens (tertiary/aromatic N) is 2. The number of aromatic nitrogens is 2. The summed E-state index contributed by atoms with van der Waals surface area (Å²) in [6.45, 7) is 3.49. The van der Waals surface area contributed by atoms with E-state index >= 15 is 0 Å². The number of rotatable bonds is 3. The maximum Gasteiger partial charge on any atom is 0.337 e. The van der Waals surface area contributed by atoms with E-state index in [0.717, 1.165) is 24.7 Å². The molecule has 0 bridgehead atoms. The van der Waals surface area contributed by atoms with E-state index in [9.17, 15) is 18.4 Å². The van der Waals surface area contributed by atoms with Gasteiger partial charge in [0, 0.05) is 19.3 Å². The fraction of sp³-hybridized carbons (Fsp3) is 0.250. The number of hydrogen-bond donors (Lipinski definition) is 2. The molecule has 2 aromatic heterocycles. The lowest BCUT2D eigenvalue weighted by Gasteiger charge is -1.91. The highest BCUT2D eigenvalue weighted by molar-refractivity contribution is 5.87. The molecule has 9 heteroatoms. The van der Waals surface area contributed by atoms with Crippen molar-refractivity contribution in [3.63, 3.8) is 0 Å². The van der Waals surface area contributed by atoms with Gasteiger partial charge in [-0.25, -0.2) is 13.6 Å². The lowest BCUT2D eigenvalue weighted by molar-refractivity contribution is -0.140. The smallest absolute Gasteiger partial charge is 0.337 e. The highest BCUT2D eigenvalue weighted by Gasteiger charge is 2.02. The molecule has 0 aliphatic heterocycles. The first-order chi connectivity index (χ1) is 11.8. The summed E-state index contributed by atoms with van der Waals surface area (Å²) in [6, 6.07) is 2.16. The summed E-state index contributed by atoms with van der Waals surface area (Å²) in [6.07, 6.45) is 4.56. The molecule has 0 saturated carbocycles. The second-order valence-corrected chi connectivity index (χ2v) is 4.29. The van der Waals surface area contributed by atoms with Crippen molar-refractivity contribution in [1.82, 2.24) is 9.97 Å². The predicted octanol–water partition coefficient (Wildman–Crippen LogP) is 2.20. The summed E-state index contributed by atoms with van der Waals surface area (Å²) >= 11 is 0. The summed E-state index contributed by atoms with van der Waals surface area (Å²) in [7, 11) is 0. The molecular weight excluding hydrogens is 338 g/mol. The van der Waals surface area contributed by atoms with Gasteiger partial charge in [0.05, 0.1) is 31.2 Å². The number of carboxylic acid groups (broad SMARTS) is 1. The molecule has 2 rings (SSSR count). The molecule has 136 valence electrons. The number of halogens is 2. The summed E-state index contributed by atoms with van der Waals surface area (Å²) in [4.78, 5) is 26.8. The van der Waals surface area contributed by atoms with E-state index < -0.39 is 17.6 Å². The number of carbonyl (C=O) groups is 2. The Balaban J connectivity index is 0.000000358. The zero-order valence-electron chi connectivity index (χ0n) is 13.6. The summed E-state index contributed by atoms with van der Waals surface area (Å²) in [5.41, 5.74) is 0.356. The molecule has 0 fully saturated rings. The number of pyridine rings is 2. The fourth-order valence-corrected chi connectivity index (χ4v) is 1.27. The van der Waals surface area contributed by atoms with Crippen LogP contribution in [0.25, 0.3) is 0 Å². The lowest BCUT2D eigenvalue weighted by Crippen LogP contribution is -1.97. The van der Waals surface area contributed by atoms with Crippen molar-refractivity contribution in [3.05, 3.63) is 59.7 Å². The Morgan fingerprint density at radius 2 is 1.64 bits per heavy atom. The average molecular weight is 356 g/mol. The SMILES string of the molecule is CCOC(C)=O.O=C(O)c1cncc(F)c1.OCc1cncc(F)c1. The molecule has 0 aromatic carbocycles. The van der Waals surface area contributed by atoms with Crippen LogP contribution in [0.2, 0.25) is 0 Å². The van der Waals surface area contributed by atoms with Crippen LogP contribution in [0.5, 0.6) is 0 Å². The van der Waals surface area contributed by atoms with Crippen LogP contribution in [0.15, 0.2) is 36.9 Å². The van der Waals surface area contributed by atoms with Crippen LogP contribution in [0.1, 0.15) is 29.8 Å². The van der Waals surface area contributed by atoms with Crippen molar-refractivity contribution < 1.29 is 33.3 Å². The van der Waals surface area contributed by atoms with Gasteiger partial charge in [0.25, 0.3) is 0 Å². The standard InChI is InChI=1S/C6H4FNO2.C6H6FNO.C4H8O2/c7-5-1-4(6(9)10)2-8-3-5;7-6-1-5(4-9)2-8-3-6;1-3-6-4(2)5/h1-3H,(H,9,10);1-3,9H,4H2;3H2,1-2H3. The molecule has 0 aliphatic carbocycles. The van der Waals surface area contributed by atoms with Gasteiger partial charge in [-0.1, -0.05) is 0 Å². The molecule has 7 nitrogen and oxygen atoms in total. The van der Waals surface area contributed by atoms with Crippen molar-refractivity contribution in [2.75, 3.05) is 6.61 Å². The van der Waals surface area contributed by atoms with E-state index in [1.54, 1.807) is 6.92 Å². The van der Waals surface area contributed by atoms with Crippen LogP contribution in [-0.2, 0) is 16.1 Å². The molecular formula is C16H18F2N2O5. The number of carboxylic acids is 1. The van der Waals surface area contributed by atoms with Crippen LogP contribution >= 0.6 is 0 Å². The molecule has 2 heterocycles. The minimum Gasteiger partial charge on any atom is -0.478 e. The number of ether oxygens (including phenoxy) is 1. The second kappa shape index (κ2) is 12.5. The van der Waals surface area contributed by atoms with Crippen LogP contribution < -0.4 is 0 Å². The van der Waals surface area contributed by atoms with Gasteiger partial charge in [-0.15, -0.1) is 0 Å². The Kier molecular flexibility index (Phi) is 11.0. The Morgan fingerprint density at radius 3 is 1.92 bits per heavy atom. The van der Waals surface area contributed by atoms with Gasteiger partial charge in [-0.2, -0.15) is 0 Å². The van der Waals surface area contributed by atoms with Crippen LogP contribution in [0.4, 0.5) is 8.78 Å². The van der Waals surface area contributed by atoms with E-state index in [4.69, 9.17) is 10.2 Å². The molecule has 2 N–H and O–H groups in total. The first-order valence-electron chi connectivity index (χ1n) is 6.97. The van der Waals surface area contributed by atoms with Crippen molar-refractivity contribution >= 4 is 11.9 Å². The largest absolute Gasteiger partial charge is 0.478 e. The van der Waals surface area contributed by atoms with Gasteiger partial charge in [-0.05, 0) is 24.6 Å². The normalized spacial score (nSPS) is 9.00. The second-order valence-electron chi connectivity index (χ2n) is 4.29. The molecule has 2 aromatic rings. The molecule has 25 heavy (non-hydrogen) atoms. The monoisotopic (exact) mass is 356 g/mol. The van der Waals surface area contributed by atoms with Crippen molar-refractivity contribution in [3.8, 4) is 0 Å². The Labute approximate surface area is 142 Å². The van der Waals surface area contributed by atoms with Crippen molar-refractivity contribution in [2.24, 2.45) is 0 Å². The minimum absolute atomic E-state index is 0.139. The van der Waals surface area contributed by atoms with Crippen LogP contribution in [-0.4, -0.2) is 38.7 Å². The van der Waals surface area contributed by atoms with Crippen molar-refractivity contribution in [2.45, 2.75) is 20.5 Å². The Morgan fingerprint density at radius 1 is 1.08 bits per heavy atom. The topological polar surface area (TPSA) is 110 Å². The maximum absolute atomic E-state index is 12.2. The summed E-state index contributed by atoms with van der Waals surface area (Å²) in [5, 5.41) is 16.8. The third kappa shape index (κ3) is 11.3. The molecule has 0 radical (unpaired) electrons. The molecule has 0 amide bonds. The third-order valence-corrected chi connectivity index (χ3v) is 2.24. The highest BCUT2D eigenvalue weighted by atomic mass is 19.1. The van der Waals surface area contributed by atoms with E-state index in [-0.39, 0.29) is 18.1 Å². The lowest BCUT2D eigenvalue weighted by atomic mass is 10.3. The summed E-state index contributed by atoms with van der Waals surface area (Å²) < 4.78 is 28.8. The molecule has 0 unspecified atom stereocenters. The predicted molar refractivity (Wildman–Crippen MR) is 83.6 cm³/mol. The number of carbonyl (C=O) groups excluding carboxylic acids is 1. The van der Waals surface area contributed by atoms with E-state index in [1.807, 2.05) is 0 Å². The quantitative estimate of drug-likeness (QED) is 0.811. The fourth-order valence-electron chi connectivity index (χ4n) is 1.27. The van der Waals surface area contributed by atoms with Crippen LogP contribution in [0, 0.1) is 11.6 Å². The third-order valence-electron chi connectivity index (χ3n) is 2.24. The van der Waals surface area contributed by atoms with Gasteiger partial charge >= 0.3 is 11.9 Å². The van der Waals surface area contributed by atoms with E-state index in [2.05, 4.69) is 14.7 Å². The number of esters is 1. The maximum atomic E-state index is 12.2. The zero-order valence-corrected chi connectivity index (χ0v) is 13.6. The minimum atomic E-state index is -1.17. The average Bonchev–Trinajstić information content (AvgIpc) is 2.56. The van der Waals surface area contributed by atoms with Gasteiger partial charge < -0.3 is 14.9 Å². The zero-order chi connectivity index (χ0) is 19.2. The van der Waals surface area contributed by atoms with Gasteiger partial charge in [0.1, 0.15) is 11.6 Å². The summed E-state index contributed by atoms with van der Waals surface area (Å²) in [5.74, 6) is -2.44. The molecule has 0 spiro atoms. The Bertz CT molecular complexity index is 683. The number of aliphatic hydroxyl groups excluding tert-OH is 1. The van der Waals surface area contributed by atoms with E-state index in [0.29, 0.717) is 12.2 Å². The molecule has 0 saturated heterocycles. The van der Waals surface area contributed by atoms with Gasteiger partial charge in [0.2, 0.25) is 0 Å². The first-order valence-corrected chi connectivity index (χ1v) is 6.97. The van der Waals surface area contributed by atoms with Gasteiger partial charge in [-0.3, -0.25) is 14.8 Å². The van der Waals surface area contributed by atoms with E-state index in [1.165, 1.54) is 19.2 Å². The molecule has 0 atom stereocenters. The first kappa shape index (κ1) is 22.1. The Hall–Kier alpha value is -2.94. The number of aliphatic hydroxyl groups is 1. The molecule has 0 aliphatic rings. The number of aromatic carboxylic acids is 1. The highest BCUT2D eigenvalue weighted by Crippen LogP contribution is 1.99. The van der Waals surface area contributed by atoms with Gasteiger partial charge in [0.15, 0.2) is 0 Å². The van der Waals surface area contributed by atoms with Crippen molar-refractivity contribution in [1.29, 1.82) is 0 Å².